The second-order valence-corrected chi connectivity index (χ2v) is 7.19. The molecular formula is C14H19N3O2S. The lowest BCUT2D eigenvalue weighted by molar-refractivity contribution is 0.263. The Balaban J connectivity index is 1.87. The van der Waals surface area contributed by atoms with Crippen LogP contribution in [0.5, 0.6) is 0 Å². The molecule has 3 rings (SSSR count). The van der Waals surface area contributed by atoms with Crippen LogP contribution in [0, 0.1) is 0 Å². The van der Waals surface area contributed by atoms with Gasteiger partial charge in [-0.3, -0.25) is 4.90 Å². The molecule has 0 aliphatic carbocycles. The van der Waals surface area contributed by atoms with Gasteiger partial charge in [0.2, 0.25) is 9.84 Å². The average molecular weight is 293 g/mol. The molecule has 0 spiro atoms. The van der Waals surface area contributed by atoms with Gasteiger partial charge in [0.05, 0.1) is 9.80 Å². The fourth-order valence-electron chi connectivity index (χ4n) is 2.67. The van der Waals surface area contributed by atoms with Gasteiger partial charge in [0.25, 0.3) is 0 Å². The largest absolute Gasteiger partial charge is 0.326 e. The standard InChI is InChI=1S/C14H19N3O2S/c15-9-11-1-2-12-8-13(20(18,19)14(12)7-11)10-17-5-3-16-4-6-17/h1-2,7-8,16H,3-6,9-10,15H2. The van der Waals surface area contributed by atoms with Crippen LogP contribution in [0.2, 0.25) is 0 Å². The van der Waals surface area contributed by atoms with Crippen molar-refractivity contribution >= 4 is 15.9 Å². The highest BCUT2D eigenvalue weighted by Gasteiger charge is 2.30. The topological polar surface area (TPSA) is 75.4 Å². The minimum Gasteiger partial charge on any atom is -0.326 e. The van der Waals surface area contributed by atoms with Crippen molar-refractivity contribution in [3.8, 4) is 0 Å². The molecule has 20 heavy (non-hydrogen) atoms. The second-order valence-electron chi connectivity index (χ2n) is 5.22. The number of nitrogens with one attached hydrogen (secondary N) is 1. The van der Waals surface area contributed by atoms with Crippen LogP contribution in [0.3, 0.4) is 0 Å². The summed E-state index contributed by atoms with van der Waals surface area (Å²) in [6.45, 7) is 4.45. The van der Waals surface area contributed by atoms with E-state index in [2.05, 4.69) is 10.2 Å². The van der Waals surface area contributed by atoms with Gasteiger partial charge in [0, 0.05) is 39.3 Å². The number of rotatable bonds is 3. The third-order valence-corrected chi connectivity index (χ3v) is 5.72. The summed E-state index contributed by atoms with van der Waals surface area (Å²) in [5.74, 6) is 0. The van der Waals surface area contributed by atoms with Crippen LogP contribution >= 0.6 is 0 Å². The van der Waals surface area contributed by atoms with E-state index in [1.807, 2.05) is 12.1 Å². The Labute approximate surface area is 119 Å². The molecule has 1 aromatic rings. The molecule has 5 nitrogen and oxygen atoms in total. The highest BCUT2D eigenvalue weighted by atomic mass is 32.2. The van der Waals surface area contributed by atoms with Gasteiger partial charge in [0.1, 0.15) is 0 Å². The van der Waals surface area contributed by atoms with E-state index in [1.165, 1.54) is 0 Å². The summed E-state index contributed by atoms with van der Waals surface area (Å²) >= 11 is 0. The lowest BCUT2D eigenvalue weighted by Gasteiger charge is -2.27. The van der Waals surface area contributed by atoms with Crippen LogP contribution in [-0.4, -0.2) is 46.0 Å². The van der Waals surface area contributed by atoms with E-state index in [9.17, 15) is 8.42 Å². The van der Waals surface area contributed by atoms with Crippen molar-refractivity contribution in [2.45, 2.75) is 11.4 Å². The zero-order valence-electron chi connectivity index (χ0n) is 11.3. The van der Waals surface area contributed by atoms with Crippen molar-refractivity contribution in [3.63, 3.8) is 0 Å². The third kappa shape index (κ3) is 2.40. The summed E-state index contributed by atoms with van der Waals surface area (Å²) in [4.78, 5) is 3.09. The van der Waals surface area contributed by atoms with Crippen LogP contribution < -0.4 is 11.1 Å². The number of fused-ring (bicyclic) bond motifs is 1. The van der Waals surface area contributed by atoms with E-state index in [1.54, 1.807) is 12.1 Å². The zero-order valence-corrected chi connectivity index (χ0v) is 12.1. The Morgan fingerprint density at radius 3 is 2.70 bits per heavy atom. The van der Waals surface area contributed by atoms with Gasteiger partial charge < -0.3 is 11.1 Å². The Kier molecular flexibility index (Phi) is 3.64. The number of nitrogens with two attached hydrogens (primary N) is 1. The lowest BCUT2D eigenvalue weighted by Crippen LogP contribution is -2.44. The van der Waals surface area contributed by atoms with Gasteiger partial charge in [-0.25, -0.2) is 8.42 Å². The first-order chi connectivity index (χ1) is 9.61. The van der Waals surface area contributed by atoms with E-state index in [0.717, 1.165) is 37.3 Å². The molecule has 1 fully saturated rings. The number of sulfone groups is 1. The molecule has 0 atom stereocenters. The highest BCUT2D eigenvalue weighted by molar-refractivity contribution is 7.95. The predicted octanol–water partition coefficient (Wildman–Crippen LogP) is 0.179. The van der Waals surface area contributed by atoms with Gasteiger partial charge in [-0.1, -0.05) is 12.1 Å². The van der Waals surface area contributed by atoms with Gasteiger partial charge in [0.15, 0.2) is 0 Å². The molecule has 0 bridgehead atoms. The molecule has 1 aromatic carbocycles. The maximum Gasteiger partial charge on any atom is 0.204 e. The fraction of sp³-hybridized carbons (Fsp3) is 0.429. The molecule has 2 aliphatic rings. The molecule has 3 N–H and O–H groups in total. The molecular weight excluding hydrogens is 274 g/mol. The van der Waals surface area contributed by atoms with E-state index in [-0.39, 0.29) is 0 Å². The van der Waals surface area contributed by atoms with E-state index in [0.29, 0.717) is 22.9 Å². The predicted molar refractivity (Wildman–Crippen MR) is 78.8 cm³/mol. The SMILES string of the molecule is NCc1ccc2c(c1)S(=O)(=O)C(CN1CCNCC1)=C2. The molecule has 0 radical (unpaired) electrons. The maximum absolute atomic E-state index is 12.6. The zero-order chi connectivity index (χ0) is 14.2. The Bertz CT molecular complexity index is 646. The van der Waals surface area contributed by atoms with Crippen molar-refractivity contribution in [3.05, 3.63) is 34.2 Å². The van der Waals surface area contributed by atoms with Crippen molar-refractivity contribution < 1.29 is 8.42 Å². The normalized spacial score (nSPS) is 21.6. The van der Waals surface area contributed by atoms with Crippen LogP contribution in [0.25, 0.3) is 6.08 Å². The van der Waals surface area contributed by atoms with Gasteiger partial charge >= 0.3 is 0 Å². The van der Waals surface area contributed by atoms with E-state index < -0.39 is 9.84 Å². The van der Waals surface area contributed by atoms with Crippen LogP contribution in [-0.2, 0) is 16.4 Å². The smallest absolute Gasteiger partial charge is 0.204 e. The molecule has 2 aliphatic heterocycles. The van der Waals surface area contributed by atoms with Crippen molar-refractivity contribution in [2.24, 2.45) is 5.73 Å². The van der Waals surface area contributed by atoms with E-state index >= 15 is 0 Å². The number of nitrogens with zero attached hydrogens (tertiary/aromatic N) is 1. The molecule has 0 amide bonds. The van der Waals surface area contributed by atoms with Gasteiger partial charge in [-0.05, 0) is 23.3 Å². The first-order valence-corrected chi connectivity index (χ1v) is 8.31. The number of hydrogen-bond acceptors (Lipinski definition) is 5. The molecule has 1 saturated heterocycles. The van der Waals surface area contributed by atoms with Crippen LogP contribution in [0.15, 0.2) is 28.0 Å². The monoisotopic (exact) mass is 293 g/mol. The van der Waals surface area contributed by atoms with Crippen LogP contribution in [0.1, 0.15) is 11.1 Å². The summed E-state index contributed by atoms with van der Waals surface area (Å²) in [5.41, 5.74) is 7.23. The van der Waals surface area contributed by atoms with Gasteiger partial charge in [-0.2, -0.15) is 0 Å². The summed E-state index contributed by atoms with van der Waals surface area (Å²) < 4.78 is 25.1. The summed E-state index contributed by atoms with van der Waals surface area (Å²) in [7, 11) is -3.33. The third-order valence-electron chi connectivity index (χ3n) is 3.85. The maximum atomic E-state index is 12.6. The minimum absolute atomic E-state index is 0.357. The lowest BCUT2D eigenvalue weighted by atomic mass is 10.1. The van der Waals surface area contributed by atoms with Crippen molar-refractivity contribution in [1.29, 1.82) is 0 Å². The average Bonchev–Trinajstić information content (AvgIpc) is 2.71. The molecule has 0 aromatic heterocycles. The Morgan fingerprint density at radius 2 is 2.00 bits per heavy atom. The summed E-state index contributed by atoms with van der Waals surface area (Å²) in [6, 6.07) is 5.43. The first-order valence-electron chi connectivity index (χ1n) is 6.83. The molecule has 0 unspecified atom stereocenters. The minimum atomic E-state index is -3.33. The molecule has 6 heteroatoms. The quantitative estimate of drug-likeness (QED) is 0.831. The molecule has 0 saturated carbocycles. The summed E-state index contributed by atoms with van der Waals surface area (Å²) in [6.07, 6.45) is 1.80. The first kappa shape index (κ1) is 13.8. The Hall–Kier alpha value is -1.21. The van der Waals surface area contributed by atoms with E-state index in [4.69, 9.17) is 5.73 Å². The summed E-state index contributed by atoms with van der Waals surface area (Å²) in [5, 5.41) is 3.27. The number of hydrogen-bond donors (Lipinski definition) is 2. The Morgan fingerprint density at radius 1 is 1.25 bits per heavy atom. The van der Waals surface area contributed by atoms with Crippen molar-refractivity contribution in [1.82, 2.24) is 10.2 Å². The van der Waals surface area contributed by atoms with Crippen molar-refractivity contribution in [2.75, 3.05) is 32.7 Å². The number of benzene rings is 1. The molecule has 2 heterocycles. The molecule has 108 valence electrons. The number of piperazine rings is 1. The second kappa shape index (κ2) is 5.29. The fourth-order valence-corrected chi connectivity index (χ4v) is 4.33. The van der Waals surface area contributed by atoms with Crippen LogP contribution in [0.4, 0.5) is 0 Å². The highest BCUT2D eigenvalue weighted by Crippen LogP contribution is 2.33. The van der Waals surface area contributed by atoms with Gasteiger partial charge in [-0.15, -0.1) is 0 Å².